The van der Waals surface area contributed by atoms with Crippen LogP contribution in [0.5, 0.6) is 17.2 Å². The topological polar surface area (TPSA) is 171 Å². The smallest absolute Gasteiger partial charge is 0.335 e. The molecule has 3 aromatic rings. The summed E-state index contributed by atoms with van der Waals surface area (Å²) in [7, 11) is 0. The van der Waals surface area contributed by atoms with E-state index in [1.165, 1.54) is 42.5 Å². The van der Waals surface area contributed by atoms with Crippen molar-refractivity contribution in [3.63, 3.8) is 0 Å². The molecule has 1 aliphatic rings. The molecule has 1 saturated heterocycles. The van der Waals surface area contributed by atoms with Crippen LogP contribution in [0.25, 0.3) is 6.08 Å². The van der Waals surface area contributed by atoms with Gasteiger partial charge < -0.3 is 9.47 Å². The molecule has 0 bridgehead atoms. The molecule has 0 saturated carbocycles. The molecular weight excluding hydrogens is 500 g/mol. The van der Waals surface area contributed by atoms with Crippen LogP contribution in [-0.4, -0.2) is 34.3 Å². The number of amides is 4. The van der Waals surface area contributed by atoms with E-state index in [2.05, 4.69) is 5.32 Å². The summed E-state index contributed by atoms with van der Waals surface area (Å²) in [4.78, 5) is 59.4. The number of barbiturate groups is 1. The highest BCUT2D eigenvalue weighted by Crippen LogP contribution is 2.34. The van der Waals surface area contributed by atoms with Crippen LogP contribution in [0.3, 0.4) is 0 Å². The molecule has 4 rings (SSSR count). The lowest BCUT2D eigenvalue weighted by Crippen LogP contribution is -2.54. The summed E-state index contributed by atoms with van der Waals surface area (Å²) < 4.78 is 10.9. The first-order chi connectivity index (χ1) is 18.2. The molecule has 1 heterocycles. The van der Waals surface area contributed by atoms with Crippen molar-refractivity contribution >= 4 is 41.0 Å². The lowest BCUT2D eigenvalue weighted by atomic mass is 10.1. The highest BCUT2D eigenvalue weighted by molar-refractivity contribution is 6.39. The van der Waals surface area contributed by atoms with Crippen molar-refractivity contribution in [3.8, 4) is 17.2 Å². The summed E-state index contributed by atoms with van der Waals surface area (Å²) in [6.07, 6.45) is 1.28. The van der Waals surface area contributed by atoms with Gasteiger partial charge in [0.2, 0.25) is 5.75 Å². The summed E-state index contributed by atoms with van der Waals surface area (Å²) in [5.74, 6) is -1.20. The Bertz CT molecular complexity index is 1480. The Morgan fingerprint density at radius 1 is 0.895 bits per heavy atom. The quantitative estimate of drug-likeness (QED) is 0.197. The number of carbonyl (C=O) groups excluding carboxylic acids is 3. The Morgan fingerprint density at radius 3 is 2.16 bits per heavy atom. The standard InChI is InChI=1S/C25H18N4O9/c1-2-37-18-10-5-16(6-11-18)27-24(31)20(23(30)26-25(27)32)13-15-3-8-19(9-4-15)38-22-12-7-17(28(33)34)14-21(22)29(35)36/h3-14H,2H2,1H3,(H,26,30,32)/b20-13+. The average Bonchev–Trinajstić information content (AvgIpc) is 2.88. The summed E-state index contributed by atoms with van der Waals surface area (Å²) in [5, 5.41) is 24.4. The minimum atomic E-state index is -0.894. The third kappa shape index (κ3) is 5.31. The lowest BCUT2D eigenvalue weighted by molar-refractivity contribution is -0.394. The highest BCUT2D eigenvalue weighted by atomic mass is 16.6. The third-order valence-corrected chi connectivity index (χ3v) is 5.28. The van der Waals surface area contributed by atoms with E-state index in [0.29, 0.717) is 17.9 Å². The van der Waals surface area contributed by atoms with Crippen molar-refractivity contribution in [3.05, 3.63) is 98.1 Å². The molecule has 38 heavy (non-hydrogen) atoms. The molecule has 4 amide bonds. The largest absolute Gasteiger partial charge is 0.494 e. The van der Waals surface area contributed by atoms with Crippen molar-refractivity contribution in [2.75, 3.05) is 11.5 Å². The SMILES string of the molecule is CCOc1ccc(N2C(=O)NC(=O)/C(=C\c3ccc(Oc4ccc([N+](=O)[O-])cc4[N+](=O)[O-])cc3)C2=O)cc1. The number of urea groups is 1. The Balaban J connectivity index is 1.56. The van der Waals surface area contributed by atoms with Crippen LogP contribution in [0.4, 0.5) is 21.9 Å². The Morgan fingerprint density at radius 2 is 1.55 bits per heavy atom. The van der Waals surface area contributed by atoms with Crippen LogP contribution < -0.4 is 19.7 Å². The van der Waals surface area contributed by atoms with E-state index in [-0.39, 0.29) is 22.8 Å². The van der Waals surface area contributed by atoms with Crippen molar-refractivity contribution in [1.82, 2.24) is 5.32 Å². The molecule has 3 aromatic carbocycles. The van der Waals surface area contributed by atoms with Gasteiger partial charge >= 0.3 is 11.7 Å². The summed E-state index contributed by atoms with van der Waals surface area (Å²) in [6.45, 7) is 2.26. The van der Waals surface area contributed by atoms with Gasteiger partial charge in [-0.3, -0.25) is 35.1 Å². The fraction of sp³-hybridized carbons (Fsp3) is 0.0800. The van der Waals surface area contributed by atoms with E-state index in [4.69, 9.17) is 9.47 Å². The van der Waals surface area contributed by atoms with Gasteiger partial charge in [-0.25, -0.2) is 9.69 Å². The molecule has 0 unspecified atom stereocenters. The Kier molecular flexibility index (Phi) is 7.10. The van der Waals surface area contributed by atoms with Crippen LogP contribution in [0.1, 0.15) is 12.5 Å². The van der Waals surface area contributed by atoms with Gasteiger partial charge in [-0.15, -0.1) is 0 Å². The molecule has 0 aliphatic carbocycles. The lowest BCUT2D eigenvalue weighted by Gasteiger charge is -2.26. The molecule has 1 N–H and O–H groups in total. The second kappa shape index (κ2) is 10.6. The molecule has 0 spiro atoms. The number of rotatable bonds is 8. The monoisotopic (exact) mass is 518 g/mol. The number of hydrogen-bond donors (Lipinski definition) is 1. The Hall–Kier alpha value is -5.59. The van der Waals surface area contributed by atoms with E-state index in [1.54, 1.807) is 12.1 Å². The van der Waals surface area contributed by atoms with E-state index < -0.39 is 39.1 Å². The maximum absolute atomic E-state index is 13.1. The predicted octanol–water partition coefficient (Wildman–Crippen LogP) is 4.36. The van der Waals surface area contributed by atoms with Crippen LogP contribution in [-0.2, 0) is 9.59 Å². The minimum absolute atomic E-state index is 0.162. The number of nitrogens with one attached hydrogen (secondary N) is 1. The maximum atomic E-state index is 13.1. The van der Waals surface area contributed by atoms with Gasteiger partial charge in [0, 0.05) is 6.07 Å². The van der Waals surface area contributed by atoms with E-state index in [1.807, 2.05) is 6.92 Å². The first-order valence-electron chi connectivity index (χ1n) is 11.0. The zero-order chi connectivity index (χ0) is 27.4. The second-order valence-corrected chi connectivity index (χ2v) is 7.72. The highest BCUT2D eigenvalue weighted by Gasteiger charge is 2.36. The first-order valence-corrected chi connectivity index (χ1v) is 11.0. The molecule has 0 radical (unpaired) electrons. The molecular formula is C25H18N4O9. The van der Waals surface area contributed by atoms with Gasteiger partial charge in [-0.2, -0.15) is 0 Å². The first kappa shape index (κ1) is 25.5. The number of non-ortho nitro benzene ring substituents is 1. The molecule has 1 fully saturated rings. The number of imide groups is 2. The normalized spacial score (nSPS) is 14.3. The van der Waals surface area contributed by atoms with E-state index >= 15 is 0 Å². The number of ether oxygens (including phenoxy) is 2. The Labute approximate surface area is 214 Å². The zero-order valence-electron chi connectivity index (χ0n) is 19.7. The predicted molar refractivity (Wildman–Crippen MR) is 133 cm³/mol. The van der Waals surface area contributed by atoms with E-state index in [9.17, 15) is 34.6 Å². The van der Waals surface area contributed by atoms with Crippen LogP contribution in [0.2, 0.25) is 0 Å². The number of nitro groups is 2. The number of carbonyl (C=O) groups is 3. The van der Waals surface area contributed by atoms with Crippen LogP contribution in [0, 0.1) is 20.2 Å². The van der Waals surface area contributed by atoms with Crippen LogP contribution >= 0.6 is 0 Å². The fourth-order valence-corrected chi connectivity index (χ4v) is 3.52. The van der Waals surface area contributed by atoms with Gasteiger partial charge in [0.1, 0.15) is 17.1 Å². The summed E-state index contributed by atoms with van der Waals surface area (Å²) in [5.41, 5.74) is -0.705. The van der Waals surface area contributed by atoms with Gasteiger partial charge in [0.15, 0.2) is 0 Å². The van der Waals surface area contributed by atoms with Crippen molar-refractivity contribution in [2.45, 2.75) is 6.92 Å². The van der Waals surface area contributed by atoms with Gasteiger partial charge in [-0.05, 0) is 61.0 Å². The number of nitrogens with zero attached hydrogens (tertiary/aromatic N) is 3. The van der Waals surface area contributed by atoms with Crippen molar-refractivity contribution in [2.24, 2.45) is 0 Å². The molecule has 0 atom stereocenters. The zero-order valence-corrected chi connectivity index (χ0v) is 19.7. The summed E-state index contributed by atoms with van der Waals surface area (Å²) in [6, 6.07) is 14.1. The fourth-order valence-electron chi connectivity index (χ4n) is 3.52. The average molecular weight is 518 g/mol. The number of nitro benzene ring substituents is 2. The molecule has 13 heteroatoms. The van der Waals surface area contributed by atoms with Gasteiger partial charge in [0.05, 0.1) is 28.2 Å². The van der Waals surface area contributed by atoms with E-state index in [0.717, 1.165) is 23.1 Å². The van der Waals surface area contributed by atoms with Gasteiger partial charge in [0.25, 0.3) is 17.5 Å². The third-order valence-electron chi connectivity index (χ3n) is 5.28. The molecule has 0 aromatic heterocycles. The maximum Gasteiger partial charge on any atom is 0.335 e. The van der Waals surface area contributed by atoms with Crippen molar-refractivity contribution < 1.29 is 33.7 Å². The van der Waals surface area contributed by atoms with Crippen LogP contribution in [0.15, 0.2) is 72.3 Å². The molecule has 1 aliphatic heterocycles. The second-order valence-electron chi connectivity index (χ2n) is 7.72. The number of hydrogen-bond acceptors (Lipinski definition) is 9. The number of benzene rings is 3. The van der Waals surface area contributed by atoms with Gasteiger partial charge in [-0.1, -0.05) is 12.1 Å². The number of anilines is 1. The summed E-state index contributed by atoms with van der Waals surface area (Å²) >= 11 is 0. The molecule has 192 valence electrons. The molecule has 13 nitrogen and oxygen atoms in total. The van der Waals surface area contributed by atoms with Crippen molar-refractivity contribution in [1.29, 1.82) is 0 Å². The minimum Gasteiger partial charge on any atom is -0.494 e.